The molecule has 0 unspecified atom stereocenters. The van der Waals surface area contributed by atoms with Crippen molar-refractivity contribution in [2.24, 2.45) is 7.05 Å². The summed E-state index contributed by atoms with van der Waals surface area (Å²) in [6, 6.07) is 0.434. The predicted molar refractivity (Wildman–Crippen MR) is 100 cm³/mol. The molecule has 2 aromatic rings. The van der Waals surface area contributed by atoms with Gasteiger partial charge in [0.25, 0.3) is 5.56 Å². The molecule has 4 rings (SSSR count). The van der Waals surface area contributed by atoms with Crippen molar-refractivity contribution in [2.75, 3.05) is 18.6 Å². The van der Waals surface area contributed by atoms with Gasteiger partial charge in [-0.05, 0) is 19.3 Å². The molecule has 3 heterocycles. The number of imidazole rings is 1. The lowest BCUT2D eigenvalue weighted by Gasteiger charge is -2.37. The van der Waals surface area contributed by atoms with Crippen molar-refractivity contribution in [3.05, 3.63) is 20.8 Å². The molecule has 2 aliphatic rings. The number of methoxy groups -OCH3 is 1. The zero-order chi connectivity index (χ0) is 19.1. The largest absolute Gasteiger partial charge is 0.468 e. The number of rotatable bonds is 3. The number of carbonyl (C=O) groups excluding carboxylic acids is 1. The number of aryl methyl sites for hydroxylation is 2. The van der Waals surface area contributed by atoms with Crippen LogP contribution >= 0.6 is 0 Å². The highest BCUT2D eigenvalue weighted by atomic mass is 16.5. The lowest BCUT2D eigenvalue weighted by atomic mass is 9.94. The van der Waals surface area contributed by atoms with Crippen LogP contribution in [0.5, 0.6) is 0 Å². The van der Waals surface area contributed by atoms with Crippen LogP contribution in [0.3, 0.4) is 0 Å². The third-order valence-electron chi connectivity index (χ3n) is 5.78. The van der Waals surface area contributed by atoms with E-state index >= 15 is 0 Å². The maximum absolute atomic E-state index is 13.0. The number of hydrogen-bond acceptors (Lipinski definition) is 6. The summed E-state index contributed by atoms with van der Waals surface area (Å²) in [4.78, 5) is 44.3. The predicted octanol–water partition coefficient (Wildman–Crippen LogP) is 0.612. The zero-order valence-electron chi connectivity index (χ0n) is 15.8. The molecule has 9 nitrogen and oxygen atoms in total. The van der Waals surface area contributed by atoms with Gasteiger partial charge in [0.1, 0.15) is 6.54 Å². The molecular weight excluding hydrogens is 350 g/mol. The maximum Gasteiger partial charge on any atom is 0.333 e. The Morgan fingerprint density at radius 2 is 1.89 bits per heavy atom. The standard InChI is InChI=1S/C18H25N5O4/c1-20-15-14(16(25)23(18(20)26)11-13(24)27-2)22-10-6-9-21(17(22)19-15)12-7-4-3-5-8-12/h12H,3-11H2,1-2H3. The highest BCUT2D eigenvalue weighted by Crippen LogP contribution is 2.31. The van der Waals surface area contributed by atoms with Crippen molar-refractivity contribution in [2.45, 2.75) is 57.7 Å². The van der Waals surface area contributed by atoms with E-state index in [-0.39, 0.29) is 0 Å². The Kier molecular flexibility index (Phi) is 4.53. The molecule has 1 saturated carbocycles. The minimum atomic E-state index is -0.629. The monoisotopic (exact) mass is 375 g/mol. The number of aromatic nitrogens is 4. The van der Waals surface area contributed by atoms with E-state index in [9.17, 15) is 14.4 Å². The van der Waals surface area contributed by atoms with Crippen LogP contribution in [0.4, 0.5) is 5.95 Å². The molecule has 2 aromatic heterocycles. The first-order chi connectivity index (χ1) is 13.0. The first-order valence-corrected chi connectivity index (χ1v) is 9.56. The van der Waals surface area contributed by atoms with Gasteiger partial charge in [-0.1, -0.05) is 19.3 Å². The summed E-state index contributed by atoms with van der Waals surface area (Å²) in [6.07, 6.45) is 6.89. The van der Waals surface area contributed by atoms with Crippen molar-refractivity contribution in [1.82, 2.24) is 18.7 Å². The van der Waals surface area contributed by atoms with E-state index in [4.69, 9.17) is 4.98 Å². The Bertz CT molecular complexity index is 996. The average Bonchev–Trinajstić information content (AvgIpc) is 3.10. The molecule has 0 amide bonds. The van der Waals surface area contributed by atoms with Crippen molar-refractivity contribution < 1.29 is 9.53 Å². The van der Waals surface area contributed by atoms with Crippen LogP contribution < -0.4 is 16.1 Å². The molecular formula is C18H25N5O4. The molecule has 0 aromatic carbocycles. The lowest BCUT2D eigenvalue weighted by Crippen LogP contribution is -2.43. The summed E-state index contributed by atoms with van der Waals surface area (Å²) in [5.74, 6) is 0.141. The maximum atomic E-state index is 13.0. The fourth-order valence-corrected chi connectivity index (χ4v) is 4.36. The minimum Gasteiger partial charge on any atom is -0.468 e. The smallest absolute Gasteiger partial charge is 0.333 e. The van der Waals surface area contributed by atoms with Gasteiger partial charge in [-0.2, -0.15) is 4.98 Å². The van der Waals surface area contributed by atoms with Crippen LogP contribution in [0.15, 0.2) is 9.59 Å². The second kappa shape index (κ2) is 6.86. The fourth-order valence-electron chi connectivity index (χ4n) is 4.36. The van der Waals surface area contributed by atoms with Crippen molar-refractivity contribution in [3.8, 4) is 0 Å². The Balaban J connectivity index is 1.88. The van der Waals surface area contributed by atoms with Gasteiger partial charge in [0, 0.05) is 26.2 Å². The molecule has 146 valence electrons. The number of fused-ring (bicyclic) bond motifs is 3. The molecule has 0 atom stereocenters. The van der Waals surface area contributed by atoms with Crippen LogP contribution in [0.1, 0.15) is 38.5 Å². The fraction of sp³-hybridized carbons (Fsp3) is 0.667. The molecule has 0 spiro atoms. The summed E-state index contributed by atoms with van der Waals surface area (Å²) in [6.45, 7) is 1.20. The van der Waals surface area contributed by atoms with Gasteiger partial charge in [-0.3, -0.25) is 14.2 Å². The van der Waals surface area contributed by atoms with Crippen LogP contribution in [0.25, 0.3) is 11.2 Å². The third kappa shape index (κ3) is 2.85. The van der Waals surface area contributed by atoms with E-state index in [0.29, 0.717) is 23.8 Å². The minimum absolute atomic E-state index is 0.379. The summed E-state index contributed by atoms with van der Waals surface area (Å²) >= 11 is 0. The first kappa shape index (κ1) is 17.8. The number of esters is 1. The molecule has 1 fully saturated rings. The molecule has 1 aliphatic heterocycles. The lowest BCUT2D eigenvalue weighted by molar-refractivity contribution is -0.141. The molecule has 0 N–H and O–H groups in total. The van der Waals surface area contributed by atoms with Crippen molar-refractivity contribution in [3.63, 3.8) is 0 Å². The molecule has 9 heteroatoms. The van der Waals surface area contributed by atoms with Crippen molar-refractivity contribution in [1.29, 1.82) is 0 Å². The Labute approximate surface area is 156 Å². The van der Waals surface area contributed by atoms with E-state index in [1.165, 1.54) is 30.9 Å². The number of nitrogens with zero attached hydrogens (tertiary/aromatic N) is 5. The van der Waals surface area contributed by atoms with Crippen LogP contribution in [-0.2, 0) is 29.7 Å². The average molecular weight is 375 g/mol. The van der Waals surface area contributed by atoms with Crippen molar-refractivity contribution >= 4 is 23.1 Å². The van der Waals surface area contributed by atoms with E-state index in [2.05, 4.69) is 9.64 Å². The summed E-state index contributed by atoms with van der Waals surface area (Å²) < 4.78 is 8.83. The number of carbonyl (C=O) groups is 1. The molecule has 0 saturated heterocycles. The van der Waals surface area contributed by atoms with Crippen LogP contribution in [0, 0.1) is 0 Å². The van der Waals surface area contributed by atoms with Crippen LogP contribution in [0.2, 0.25) is 0 Å². The number of ether oxygens (including phenoxy) is 1. The number of anilines is 1. The van der Waals surface area contributed by atoms with Gasteiger partial charge in [0.2, 0.25) is 5.95 Å². The quantitative estimate of drug-likeness (QED) is 0.730. The Hall–Kier alpha value is -2.58. The highest BCUT2D eigenvalue weighted by Gasteiger charge is 2.31. The summed E-state index contributed by atoms with van der Waals surface area (Å²) in [7, 11) is 2.82. The molecule has 0 bridgehead atoms. The van der Waals surface area contributed by atoms with Crippen LogP contribution in [-0.4, -0.2) is 44.4 Å². The van der Waals surface area contributed by atoms with Gasteiger partial charge in [0.05, 0.1) is 7.11 Å². The SMILES string of the molecule is COC(=O)Cn1c(=O)c2c(nc3n2CCCN3C2CCCCC2)n(C)c1=O. The highest BCUT2D eigenvalue weighted by molar-refractivity contribution is 5.76. The molecule has 1 aliphatic carbocycles. The normalized spacial score (nSPS) is 17.9. The number of hydrogen-bond donors (Lipinski definition) is 0. The second-order valence-corrected chi connectivity index (χ2v) is 7.38. The van der Waals surface area contributed by atoms with Gasteiger partial charge in [-0.15, -0.1) is 0 Å². The molecule has 27 heavy (non-hydrogen) atoms. The zero-order valence-corrected chi connectivity index (χ0v) is 15.8. The van der Waals surface area contributed by atoms with E-state index in [1.807, 2.05) is 4.57 Å². The van der Waals surface area contributed by atoms with E-state index < -0.39 is 23.8 Å². The Morgan fingerprint density at radius 3 is 2.59 bits per heavy atom. The summed E-state index contributed by atoms with van der Waals surface area (Å²) in [5, 5.41) is 0. The summed E-state index contributed by atoms with van der Waals surface area (Å²) in [5.41, 5.74) is -0.277. The van der Waals surface area contributed by atoms with E-state index in [1.54, 1.807) is 7.05 Å². The van der Waals surface area contributed by atoms with Gasteiger partial charge < -0.3 is 14.2 Å². The Morgan fingerprint density at radius 1 is 1.15 bits per heavy atom. The molecule has 0 radical (unpaired) electrons. The van der Waals surface area contributed by atoms with E-state index in [0.717, 1.165) is 36.3 Å². The van der Waals surface area contributed by atoms with Gasteiger partial charge in [0.15, 0.2) is 11.2 Å². The third-order valence-corrected chi connectivity index (χ3v) is 5.78. The van der Waals surface area contributed by atoms with Gasteiger partial charge >= 0.3 is 11.7 Å². The van der Waals surface area contributed by atoms with Gasteiger partial charge in [-0.25, -0.2) is 9.36 Å². The second-order valence-electron chi connectivity index (χ2n) is 7.38. The topological polar surface area (TPSA) is 91.4 Å². The first-order valence-electron chi connectivity index (χ1n) is 9.56.